The van der Waals surface area contributed by atoms with E-state index in [1.807, 2.05) is 12.1 Å². The first kappa shape index (κ1) is 15.4. The molecule has 6 nitrogen and oxygen atoms in total. The Morgan fingerprint density at radius 2 is 2.18 bits per heavy atom. The molecule has 1 aromatic rings. The summed E-state index contributed by atoms with van der Waals surface area (Å²) >= 11 is 0. The molecular weight excluding hydrogens is 282 g/mol. The third-order valence-electron chi connectivity index (χ3n) is 4.48. The van der Waals surface area contributed by atoms with Crippen molar-refractivity contribution >= 4 is 5.91 Å². The quantitative estimate of drug-likeness (QED) is 0.843. The van der Waals surface area contributed by atoms with Gasteiger partial charge in [0, 0.05) is 45.0 Å². The van der Waals surface area contributed by atoms with Crippen LogP contribution in [0.25, 0.3) is 0 Å². The van der Waals surface area contributed by atoms with Gasteiger partial charge in [0.15, 0.2) is 0 Å². The summed E-state index contributed by atoms with van der Waals surface area (Å²) in [5.41, 5.74) is 1.07. The van der Waals surface area contributed by atoms with E-state index in [2.05, 4.69) is 9.88 Å². The third kappa shape index (κ3) is 3.63. The van der Waals surface area contributed by atoms with Crippen LogP contribution >= 0.6 is 0 Å². The minimum Gasteiger partial charge on any atom is -0.390 e. The number of pyridine rings is 1. The van der Waals surface area contributed by atoms with Gasteiger partial charge in [-0.15, -0.1) is 0 Å². The molecule has 0 radical (unpaired) electrons. The van der Waals surface area contributed by atoms with Crippen LogP contribution < -0.4 is 0 Å². The highest BCUT2D eigenvalue weighted by Gasteiger charge is 2.37. The molecule has 3 rings (SSSR count). The summed E-state index contributed by atoms with van der Waals surface area (Å²) in [5.74, 6) is 0.110. The number of β-amino-alcohol motifs (C(OH)–C–C–N with tert-alkyl or cyclic N) is 1. The topological polar surface area (TPSA) is 65.9 Å². The number of hydrogen-bond acceptors (Lipinski definition) is 5. The molecule has 0 spiro atoms. The molecule has 120 valence electrons. The van der Waals surface area contributed by atoms with Crippen molar-refractivity contribution in [2.45, 2.75) is 25.0 Å². The number of carbonyl (C=O) groups excluding carboxylic acids is 1. The predicted octanol–water partition coefficient (Wildman–Crippen LogP) is -0.0819. The Kier molecular flexibility index (Phi) is 5.02. The highest BCUT2D eigenvalue weighted by atomic mass is 16.5. The van der Waals surface area contributed by atoms with E-state index in [9.17, 15) is 9.90 Å². The average Bonchev–Trinajstić information content (AvgIpc) is 2.96. The summed E-state index contributed by atoms with van der Waals surface area (Å²) in [6.45, 7) is 4.14. The minimum atomic E-state index is -0.458. The number of aromatic nitrogens is 1. The fourth-order valence-corrected chi connectivity index (χ4v) is 3.20. The van der Waals surface area contributed by atoms with Gasteiger partial charge >= 0.3 is 0 Å². The smallest absolute Gasteiger partial charge is 0.223 e. The van der Waals surface area contributed by atoms with Crippen molar-refractivity contribution in [2.75, 3.05) is 39.4 Å². The number of aliphatic hydroxyl groups excluding tert-OH is 1. The van der Waals surface area contributed by atoms with Crippen LogP contribution in [-0.4, -0.2) is 77.3 Å². The number of hydrogen-bond donors (Lipinski definition) is 1. The maximum Gasteiger partial charge on any atom is 0.223 e. The molecule has 0 bridgehead atoms. The fraction of sp³-hybridized carbons (Fsp3) is 0.625. The Labute approximate surface area is 130 Å². The van der Waals surface area contributed by atoms with Crippen LogP contribution in [0.5, 0.6) is 0 Å². The summed E-state index contributed by atoms with van der Waals surface area (Å²) in [4.78, 5) is 20.4. The summed E-state index contributed by atoms with van der Waals surface area (Å²) in [5, 5.41) is 10.3. The van der Waals surface area contributed by atoms with Gasteiger partial charge in [0.1, 0.15) is 0 Å². The maximum atomic E-state index is 12.3. The van der Waals surface area contributed by atoms with Gasteiger partial charge in [-0.3, -0.25) is 14.7 Å². The van der Waals surface area contributed by atoms with Gasteiger partial charge in [-0.1, -0.05) is 6.07 Å². The number of amides is 1. The highest BCUT2D eigenvalue weighted by molar-refractivity contribution is 5.77. The van der Waals surface area contributed by atoms with Crippen molar-refractivity contribution in [3.05, 3.63) is 30.1 Å². The molecule has 1 N–H and O–H groups in total. The Bertz CT molecular complexity index is 491. The van der Waals surface area contributed by atoms with E-state index in [1.165, 1.54) is 0 Å². The normalized spacial score (nSPS) is 26.3. The second-order valence-corrected chi connectivity index (χ2v) is 5.94. The van der Waals surface area contributed by atoms with Gasteiger partial charge in [-0.25, -0.2) is 0 Å². The maximum absolute atomic E-state index is 12.3. The number of likely N-dealkylation sites (tertiary alicyclic amines) is 1. The molecular formula is C16H23N3O3. The first-order valence-electron chi connectivity index (χ1n) is 7.90. The molecule has 2 atom stereocenters. The molecule has 3 heterocycles. The van der Waals surface area contributed by atoms with Gasteiger partial charge in [-0.2, -0.15) is 0 Å². The second kappa shape index (κ2) is 7.17. The van der Waals surface area contributed by atoms with Crippen molar-refractivity contribution in [3.8, 4) is 0 Å². The van der Waals surface area contributed by atoms with Gasteiger partial charge < -0.3 is 14.7 Å². The molecule has 2 saturated heterocycles. The number of carbonyl (C=O) groups is 1. The summed E-state index contributed by atoms with van der Waals surface area (Å²) in [6, 6.07) is 3.91. The van der Waals surface area contributed by atoms with Gasteiger partial charge in [0.25, 0.3) is 0 Å². The van der Waals surface area contributed by atoms with E-state index in [4.69, 9.17) is 4.74 Å². The third-order valence-corrected chi connectivity index (χ3v) is 4.48. The predicted molar refractivity (Wildman–Crippen MR) is 81.3 cm³/mol. The zero-order valence-corrected chi connectivity index (χ0v) is 12.7. The van der Waals surface area contributed by atoms with Crippen molar-refractivity contribution in [3.63, 3.8) is 0 Å². The lowest BCUT2D eigenvalue weighted by Crippen LogP contribution is -2.49. The lowest BCUT2D eigenvalue weighted by molar-refractivity contribution is -0.130. The number of rotatable bonds is 4. The molecule has 2 aliphatic rings. The van der Waals surface area contributed by atoms with Crippen LogP contribution in [-0.2, 0) is 16.0 Å². The number of ether oxygens (including phenoxy) is 1. The molecule has 0 aromatic carbocycles. The molecule has 1 aromatic heterocycles. The molecule has 2 fully saturated rings. The lowest BCUT2D eigenvalue weighted by Gasteiger charge is -2.33. The number of morpholine rings is 1. The van der Waals surface area contributed by atoms with Crippen LogP contribution in [0, 0.1) is 0 Å². The van der Waals surface area contributed by atoms with Crippen LogP contribution in [0.2, 0.25) is 0 Å². The van der Waals surface area contributed by atoms with Gasteiger partial charge in [-0.05, 0) is 18.1 Å². The van der Waals surface area contributed by atoms with Crippen molar-refractivity contribution in [1.82, 2.24) is 14.8 Å². The molecule has 1 amide bonds. The summed E-state index contributed by atoms with van der Waals surface area (Å²) in [6.07, 6.45) is 4.23. The standard InChI is InChI=1S/C16H23N3O3/c20-15-12-19(11-14(15)18-6-8-22-9-7-18)16(21)4-3-13-2-1-5-17-10-13/h1-2,5,10,14-15,20H,3-4,6-9,11-12H2/t14-,15-/m0/s1. The molecule has 0 aliphatic carbocycles. The monoisotopic (exact) mass is 305 g/mol. The van der Waals surface area contributed by atoms with E-state index in [-0.39, 0.29) is 11.9 Å². The van der Waals surface area contributed by atoms with E-state index >= 15 is 0 Å². The van der Waals surface area contributed by atoms with Crippen LogP contribution in [0.4, 0.5) is 0 Å². The van der Waals surface area contributed by atoms with Gasteiger partial charge in [0.05, 0.1) is 25.4 Å². The van der Waals surface area contributed by atoms with Crippen LogP contribution in [0.3, 0.4) is 0 Å². The first-order valence-corrected chi connectivity index (χ1v) is 7.90. The van der Waals surface area contributed by atoms with Crippen molar-refractivity contribution in [2.24, 2.45) is 0 Å². The molecule has 22 heavy (non-hydrogen) atoms. The van der Waals surface area contributed by atoms with Crippen LogP contribution in [0.15, 0.2) is 24.5 Å². The Morgan fingerprint density at radius 1 is 1.36 bits per heavy atom. The van der Waals surface area contributed by atoms with Gasteiger partial charge in [0.2, 0.25) is 5.91 Å². The molecule has 2 aliphatic heterocycles. The highest BCUT2D eigenvalue weighted by Crippen LogP contribution is 2.19. The van der Waals surface area contributed by atoms with E-state index in [1.54, 1.807) is 17.3 Å². The van der Waals surface area contributed by atoms with Crippen molar-refractivity contribution in [1.29, 1.82) is 0 Å². The zero-order chi connectivity index (χ0) is 15.4. The number of aryl methyl sites for hydroxylation is 1. The number of aliphatic hydroxyl groups is 1. The zero-order valence-electron chi connectivity index (χ0n) is 12.7. The largest absolute Gasteiger partial charge is 0.390 e. The van der Waals surface area contributed by atoms with Crippen molar-refractivity contribution < 1.29 is 14.6 Å². The summed E-state index contributed by atoms with van der Waals surface area (Å²) in [7, 11) is 0. The SMILES string of the molecule is O=C(CCc1cccnc1)N1C[C@H](O)[C@@H](N2CCOCC2)C1. The van der Waals surface area contributed by atoms with E-state index in [0.29, 0.717) is 39.1 Å². The Hall–Kier alpha value is -1.50. The Balaban J connectivity index is 1.51. The molecule has 6 heteroatoms. The van der Waals surface area contributed by atoms with E-state index in [0.717, 1.165) is 18.7 Å². The molecule has 0 unspecified atom stereocenters. The first-order chi connectivity index (χ1) is 10.7. The fourth-order valence-electron chi connectivity index (χ4n) is 3.20. The average molecular weight is 305 g/mol. The number of nitrogens with zero attached hydrogens (tertiary/aromatic N) is 3. The van der Waals surface area contributed by atoms with E-state index < -0.39 is 6.10 Å². The lowest BCUT2D eigenvalue weighted by atomic mass is 10.1. The summed E-state index contributed by atoms with van der Waals surface area (Å²) < 4.78 is 5.35. The Morgan fingerprint density at radius 3 is 2.91 bits per heavy atom. The second-order valence-electron chi connectivity index (χ2n) is 5.94. The van der Waals surface area contributed by atoms with Crippen LogP contribution in [0.1, 0.15) is 12.0 Å². The molecule has 0 saturated carbocycles. The minimum absolute atomic E-state index is 0.0474.